The Kier molecular flexibility index (Phi) is 3.97. The average Bonchev–Trinajstić information content (AvgIpc) is 2.93. The number of aromatic amines is 1. The lowest BCUT2D eigenvalue weighted by atomic mass is 10.1. The Morgan fingerprint density at radius 1 is 1.26 bits per heavy atom. The van der Waals surface area contributed by atoms with Gasteiger partial charge in [-0.1, -0.05) is 25.1 Å². The Bertz CT molecular complexity index is 890. The number of amides is 1. The molecular weight excluding hydrogens is 294 g/mol. The van der Waals surface area contributed by atoms with E-state index in [1.54, 1.807) is 11.9 Å². The molecule has 23 heavy (non-hydrogen) atoms. The minimum absolute atomic E-state index is 0.206. The Balaban J connectivity index is 1.90. The molecule has 0 atom stereocenters. The second-order valence-electron chi connectivity index (χ2n) is 5.32. The average molecular weight is 311 g/mol. The molecule has 0 aliphatic rings. The molecular formula is C17H17N3O3. The smallest absolute Gasteiger partial charge is 0.274 e. The highest BCUT2D eigenvalue weighted by atomic mass is 16.3. The number of aryl methyl sites for hydroxylation is 1. The number of carbonyl (C=O) groups excluding carboxylic acids is 1. The van der Waals surface area contributed by atoms with Crippen LogP contribution >= 0.6 is 0 Å². The third kappa shape index (κ3) is 2.88. The second kappa shape index (κ2) is 6.08. The van der Waals surface area contributed by atoms with Gasteiger partial charge in [0.15, 0.2) is 0 Å². The molecule has 0 spiro atoms. The minimum Gasteiger partial charge on any atom is -0.461 e. The van der Waals surface area contributed by atoms with Crippen molar-refractivity contribution in [1.29, 1.82) is 0 Å². The van der Waals surface area contributed by atoms with Gasteiger partial charge in [0.2, 0.25) is 0 Å². The normalized spacial score (nSPS) is 10.9. The standard InChI is InChI=1S/C17H17N3O3/c1-3-14-12(11-6-4-5-7-15(11)23-14)10-20(2)17(22)13-8-9-16(21)19-18-13/h4-9H,3,10H2,1-2H3,(H,19,21). The van der Waals surface area contributed by atoms with E-state index in [0.717, 1.165) is 28.7 Å². The largest absolute Gasteiger partial charge is 0.461 e. The lowest BCUT2D eigenvalue weighted by Crippen LogP contribution is -2.28. The molecule has 0 bridgehead atoms. The summed E-state index contributed by atoms with van der Waals surface area (Å²) in [5, 5.41) is 7.07. The number of benzene rings is 1. The summed E-state index contributed by atoms with van der Waals surface area (Å²) in [6, 6.07) is 10.5. The fourth-order valence-electron chi connectivity index (χ4n) is 2.58. The number of carbonyl (C=O) groups is 1. The van der Waals surface area contributed by atoms with Crippen molar-refractivity contribution in [3.63, 3.8) is 0 Å². The van der Waals surface area contributed by atoms with E-state index in [0.29, 0.717) is 6.54 Å². The molecule has 1 N–H and O–H groups in total. The maximum Gasteiger partial charge on any atom is 0.274 e. The van der Waals surface area contributed by atoms with Crippen molar-refractivity contribution in [2.75, 3.05) is 7.05 Å². The molecule has 6 heteroatoms. The van der Waals surface area contributed by atoms with Crippen LogP contribution in [-0.2, 0) is 13.0 Å². The van der Waals surface area contributed by atoms with Gasteiger partial charge in [-0.25, -0.2) is 5.10 Å². The van der Waals surface area contributed by atoms with Crippen molar-refractivity contribution in [1.82, 2.24) is 15.1 Å². The first-order chi connectivity index (χ1) is 11.1. The van der Waals surface area contributed by atoms with Crippen molar-refractivity contribution in [2.24, 2.45) is 0 Å². The number of hydrogen-bond acceptors (Lipinski definition) is 4. The minimum atomic E-state index is -0.335. The van der Waals surface area contributed by atoms with Gasteiger partial charge in [-0.05, 0) is 12.1 Å². The second-order valence-corrected chi connectivity index (χ2v) is 5.32. The van der Waals surface area contributed by atoms with Crippen LogP contribution in [0.15, 0.2) is 45.6 Å². The zero-order valence-corrected chi connectivity index (χ0v) is 13.0. The quantitative estimate of drug-likeness (QED) is 0.802. The predicted molar refractivity (Wildman–Crippen MR) is 86.2 cm³/mol. The molecule has 2 heterocycles. The summed E-state index contributed by atoms with van der Waals surface area (Å²) in [5.74, 6) is 0.619. The van der Waals surface area contributed by atoms with Gasteiger partial charge in [-0.3, -0.25) is 9.59 Å². The number of nitrogens with zero attached hydrogens (tertiary/aromatic N) is 2. The van der Waals surface area contributed by atoms with Crippen LogP contribution in [0.1, 0.15) is 28.7 Å². The summed E-state index contributed by atoms with van der Waals surface area (Å²) < 4.78 is 5.85. The van der Waals surface area contributed by atoms with Crippen molar-refractivity contribution in [2.45, 2.75) is 19.9 Å². The lowest BCUT2D eigenvalue weighted by Gasteiger charge is -2.16. The molecule has 118 valence electrons. The number of para-hydroxylation sites is 1. The molecule has 0 unspecified atom stereocenters. The molecule has 1 aromatic carbocycles. The van der Waals surface area contributed by atoms with Crippen molar-refractivity contribution >= 4 is 16.9 Å². The molecule has 3 rings (SSSR count). The van der Waals surface area contributed by atoms with Gasteiger partial charge in [-0.2, -0.15) is 5.10 Å². The maximum absolute atomic E-state index is 12.4. The summed E-state index contributed by atoms with van der Waals surface area (Å²) in [5.41, 5.74) is 1.70. The molecule has 0 aliphatic heterocycles. The maximum atomic E-state index is 12.4. The summed E-state index contributed by atoms with van der Waals surface area (Å²) in [7, 11) is 1.70. The highest BCUT2D eigenvalue weighted by Crippen LogP contribution is 2.27. The molecule has 0 aliphatic carbocycles. The number of hydrogen-bond donors (Lipinski definition) is 1. The van der Waals surface area contributed by atoms with Crippen molar-refractivity contribution < 1.29 is 9.21 Å². The summed E-state index contributed by atoms with van der Waals surface area (Å²) in [6.07, 6.45) is 0.753. The Labute approximate surface area is 132 Å². The van der Waals surface area contributed by atoms with Gasteiger partial charge in [0, 0.05) is 37.0 Å². The van der Waals surface area contributed by atoms with E-state index in [1.807, 2.05) is 31.2 Å². The molecule has 0 saturated heterocycles. The monoisotopic (exact) mass is 311 g/mol. The molecule has 0 fully saturated rings. The predicted octanol–water partition coefficient (Wildman–Crippen LogP) is 2.35. The first kappa shape index (κ1) is 15.0. The third-order valence-electron chi connectivity index (χ3n) is 3.74. The van der Waals surface area contributed by atoms with Gasteiger partial charge in [-0.15, -0.1) is 0 Å². The number of nitrogens with one attached hydrogen (secondary N) is 1. The van der Waals surface area contributed by atoms with Crippen LogP contribution in [0.4, 0.5) is 0 Å². The highest BCUT2D eigenvalue weighted by Gasteiger charge is 2.19. The number of H-pyrrole nitrogens is 1. The molecule has 0 radical (unpaired) electrons. The Hall–Kier alpha value is -2.89. The van der Waals surface area contributed by atoms with Crippen molar-refractivity contribution in [3.8, 4) is 0 Å². The molecule has 2 aromatic heterocycles. The van der Waals surface area contributed by atoms with Gasteiger partial charge >= 0.3 is 0 Å². The van der Waals surface area contributed by atoms with Gasteiger partial charge < -0.3 is 9.32 Å². The molecule has 1 amide bonds. The summed E-state index contributed by atoms with van der Waals surface area (Å²) >= 11 is 0. The van der Waals surface area contributed by atoms with Crippen LogP contribution in [0.5, 0.6) is 0 Å². The van der Waals surface area contributed by atoms with E-state index in [1.165, 1.54) is 12.1 Å². The molecule has 0 saturated carbocycles. The van der Waals surface area contributed by atoms with Gasteiger partial charge in [0.05, 0.1) is 0 Å². The summed E-state index contributed by atoms with van der Waals surface area (Å²) in [4.78, 5) is 25.0. The van der Waals surface area contributed by atoms with Crippen LogP contribution in [0.3, 0.4) is 0 Å². The van der Waals surface area contributed by atoms with E-state index in [9.17, 15) is 9.59 Å². The van der Waals surface area contributed by atoms with E-state index >= 15 is 0 Å². The van der Waals surface area contributed by atoms with Crippen LogP contribution in [0.2, 0.25) is 0 Å². The zero-order chi connectivity index (χ0) is 16.4. The van der Waals surface area contributed by atoms with Crippen LogP contribution in [0.25, 0.3) is 11.0 Å². The van der Waals surface area contributed by atoms with Crippen molar-refractivity contribution in [3.05, 3.63) is 63.8 Å². The fourth-order valence-corrected chi connectivity index (χ4v) is 2.58. The van der Waals surface area contributed by atoms with Gasteiger partial charge in [0.1, 0.15) is 17.0 Å². The molecule has 3 aromatic rings. The lowest BCUT2D eigenvalue weighted by molar-refractivity contribution is 0.0778. The summed E-state index contributed by atoms with van der Waals surface area (Å²) in [6.45, 7) is 2.44. The van der Waals surface area contributed by atoms with Crippen LogP contribution in [0, 0.1) is 0 Å². The third-order valence-corrected chi connectivity index (χ3v) is 3.74. The van der Waals surface area contributed by atoms with Crippen LogP contribution < -0.4 is 5.56 Å². The SMILES string of the molecule is CCc1oc2ccccc2c1CN(C)C(=O)c1ccc(=O)[nH]n1. The van der Waals surface area contributed by atoms with Crippen LogP contribution in [-0.4, -0.2) is 28.1 Å². The number of fused-ring (bicyclic) bond motifs is 1. The van der Waals surface area contributed by atoms with E-state index in [-0.39, 0.29) is 17.2 Å². The fraction of sp³-hybridized carbons (Fsp3) is 0.235. The Morgan fingerprint density at radius 2 is 2.04 bits per heavy atom. The van der Waals surface area contributed by atoms with E-state index in [4.69, 9.17) is 4.42 Å². The molecule has 6 nitrogen and oxygen atoms in total. The number of furan rings is 1. The van der Waals surface area contributed by atoms with Gasteiger partial charge in [0.25, 0.3) is 11.5 Å². The number of aromatic nitrogens is 2. The van der Waals surface area contributed by atoms with E-state index in [2.05, 4.69) is 10.2 Å². The Morgan fingerprint density at radius 3 is 2.74 bits per heavy atom. The topological polar surface area (TPSA) is 79.2 Å². The first-order valence-corrected chi connectivity index (χ1v) is 7.40. The number of rotatable bonds is 4. The van der Waals surface area contributed by atoms with E-state index < -0.39 is 0 Å². The first-order valence-electron chi connectivity index (χ1n) is 7.40. The zero-order valence-electron chi connectivity index (χ0n) is 13.0. The highest BCUT2D eigenvalue weighted by molar-refractivity contribution is 5.92.